The first-order valence-corrected chi connectivity index (χ1v) is 8.99. The van der Waals surface area contributed by atoms with Crippen molar-refractivity contribution >= 4 is 11.8 Å². The Hall–Kier alpha value is -3.08. The highest BCUT2D eigenvalue weighted by atomic mass is 16.6. The Morgan fingerprint density at radius 3 is 2.57 bits per heavy atom. The number of carbonyl (C=O) groups excluding carboxylic acids is 1. The van der Waals surface area contributed by atoms with Gasteiger partial charge in [0.25, 0.3) is 0 Å². The average Bonchev–Trinajstić information content (AvgIpc) is 2.71. The van der Waals surface area contributed by atoms with Gasteiger partial charge in [-0.25, -0.2) is 4.79 Å². The number of nitrogens with one attached hydrogen (secondary N) is 1. The summed E-state index contributed by atoms with van der Waals surface area (Å²) in [5.41, 5.74) is 1.73. The number of carbonyl (C=O) groups is 1. The molecule has 2 rings (SSSR count). The van der Waals surface area contributed by atoms with Gasteiger partial charge in [0.2, 0.25) is 0 Å². The molecule has 148 valence electrons. The van der Waals surface area contributed by atoms with Crippen molar-refractivity contribution in [2.45, 2.75) is 19.4 Å². The van der Waals surface area contributed by atoms with Crippen molar-refractivity contribution in [1.29, 1.82) is 5.26 Å². The van der Waals surface area contributed by atoms with E-state index in [0.29, 0.717) is 23.4 Å². The average molecular weight is 384 g/mol. The second-order valence-corrected chi connectivity index (χ2v) is 6.27. The van der Waals surface area contributed by atoms with Crippen molar-refractivity contribution in [3.05, 3.63) is 59.7 Å². The minimum absolute atomic E-state index is 0.0288. The predicted molar refractivity (Wildman–Crippen MR) is 104 cm³/mol. The van der Waals surface area contributed by atoms with Crippen LogP contribution in [0.3, 0.4) is 0 Å². The summed E-state index contributed by atoms with van der Waals surface area (Å²) in [4.78, 5) is 12.4. The molecule has 28 heavy (non-hydrogen) atoms. The summed E-state index contributed by atoms with van der Waals surface area (Å²) in [6.45, 7) is 1.93. The molecule has 2 aromatic rings. The van der Waals surface area contributed by atoms with Crippen LogP contribution >= 0.6 is 0 Å². The zero-order valence-corrected chi connectivity index (χ0v) is 15.7. The summed E-state index contributed by atoms with van der Waals surface area (Å²) < 4.78 is 11.1. The van der Waals surface area contributed by atoms with E-state index in [4.69, 9.17) is 19.8 Å². The molecule has 0 aliphatic carbocycles. The Balaban J connectivity index is 2.13. The zero-order valence-electron chi connectivity index (χ0n) is 15.7. The van der Waals surface area contributed by atoms with Crippen LogP contribution in [-0.2, 0) is 4.74 Å². The fourth-order valence-electron chi connectivity index (χ4n) is 2.70. The number of aliphatic hydroxyl groups excluding tert-OH is 2. The molecule has 0 saturated carbocycles. The van der Waals surface area contributed by atoms with Gasteiger partial charge in [0.1, 0.15) is 18.5 Å². The lowest BCUT2D eigenvalue weighted by molar-refractivity contribution is 0.0665. The molecule has 0 aliphatic rings. The maximum atomic E-state index is 12.4. The van der Waals surface area contributed by atoms with Gasteiger partial charge < -0.3 is 19.7 Å². The molecule has 3 N–H and O–H groups in total. The third-order valence-corrected chi connectivity index (χ3v) is 4.14. The van der Waals surface area contributed by atoms with Crippen LogP contribution in [0.2, 0.25) is 0 Å². The van der Waals surface area contributed by atoms with Gasteiger partial charge in [0.05, 0.1) is 18.2 Å². The van der Waals surface area contributed by atoms with Gasteiger partial charge in [-0.3, -0.25) is 5.32 Å². The molecule has 0 aromatic heterocycles. The molecule has 0 heterocycles. The fourth-order valence-corrected chi connectivity index (χ4v) is 2.70. The molecule has 1 amide bonds. The molecule has 0 saturated heterocycles. The van der Waals surface area contributed by atoms with E-state index in [9.17, 15) is 9.90 Å². The third kappa shape index (κ3) is 6.27. The number of ether oxygens (including phenoxy) is 2. The molecule has 0 fully saturated rings. The summed E-state index contributed by atoms with van der Waals surface area (Å²) in [5.74, 6) is 0.425. The normalized spacial score (nSPS) is 12.5. The molecule has 0 radical (unpaired) electrons. The number of rotatable bonds is 9. The Morgan fingerprint density at radius 2 is 1.93 bits per heavy atom. The molecule has 0 unspecified atom stereocenters. The van der Waals surface area contributed by atoms with Crippen LogP contribution in [0.1, 0.15) is 30.6 Å². The number of nitriles is 1. The SMILES string of the molecule is C[C@H](CCO)[C@H](OC(=O)Nc1ccc(C#N)cc1)c1cccc(OCCO)c1. The number of hydrogen-bond acceptors (Lipinski definition) is 6. The second kappa shape index (κ2) is 10.9. The van der Waals surface area contributed by atoms with E-state index >= 15 is 0 Å². The molecule has 2 aromatic carbocycles. The molecule has 7 heteroatoms. The van der Waals surface area contributed by atoms with E-state index < -0.39 is 12.2 Å². The van der Waals surface area contributed by atoms with Crippen LogP contribution in [0, 0.1) is 17.2 Å². The first kappa shape index (κ1) is 21.2. The van der Waals surface area contributed by atoms with Gasteiger partial charge in [0, 0.05) is 12.3 Å². The number of anilines is 1. The maximum Gasteiger partial charge on any atom is 0.412 e. The summed E-state index contributed by atoms with van der Waals surface area (Å²) in [7, 11) is 0. The highest BCUT2D eigenvalue weighted by Crippen LogP contribution is 2.31. The molecule has 7 nitrogen and oxygen atoms in total. The summed E-state index contributed by atoms with van der Waals surface area (Å²) >= 11 is 0. The van der Waals surface area contributed by atoms with E-state index in [2.05, 4.69) is 5.32 Å². The molecule has 0 aliphatic heterocycles. The first-order chi connectivity index (χ1) is 13.6. The lowest BCUT2D eigenvalue weighted by Crippen LogP contribution is -2.22. The second-order valence-electron chi connectivity index (χ2n) is 6.27. The number of benzene rings is 2. The van der Waals surface area contributed by atoms with Gasteiger partial charge in [-0.15, -0.1) is 0 Å². The van der Waals surface area contributed by atoms with Crippen molar-refractivity contribution in [1.82, 2.24) is 0 Å². The van der Waals surface area contributed by atoms with Crippen molar-refractivity contribution in [2.24, 2.45) is 5.92 Å². The summed E-state index contributed by atoms with van der Waals surface area (Å²) in [5, 5.41) is 29.7. The summed E-state index contributed by atoms with van der Waals surface area (Å²) in [6, 6.07) is 15.6. The minimum Gasteiger partial charge on any atom is -0.491 e. The highest BCUT2D eigenvalue weighted by Gasteiger charge is 2.24. The quantitative estimate of drug-likeness (QED) is 0.612. The van der Waals surface area contributed by atoms with Crippen LogP contribution in [0.25, 0.3) is 0 Å². The van der Waals surface area contributed by atoms with Crippen LogP contribution < -0.4 is 10.1 Å². The first-order valence-electron chi connectivity index (χ1n) is 8.99. The highest BCUT2D eigenvalue weighted by molar-refractivity contribution is 5.84. The number of hydrogen-bond donors (Lipinski definition) is 3. The van der Waals surface area contributed by atoms with Gasteiger partial charge in [-0.2, -0.15) is 5.26 Å². The Labute approximate surface area is 164 Å². The number of amides is 1. The van der Waals surface area contributed by atoms with Crippen LogP contribution in [0.5, 0.6) is 5.75 Å². The molecule has 0 spiro atoms. The number of aliphatic hydroxyl groups is 2. The van der Waals surface area contributed by atoms with Gasteiger partial charge in [-0.05, 0) is 54.3 Å². The van der Waals surface area contributed by atoms with E-state index in [0.717, 1.165) is 5.56 Å². The molecular weight excluding hydrogens is 360 g/mol. The van der Waals surface area contributed by atoms with Crippen LogP contribution in [-0.4, -0.2) is 36.1 Å². The Morgan fingerprint density at radius 1 is 1.18 bits per heavy atom. The van der Waals surface area contributed by atoms with E-state index in [-0.39, 0.29) is 25.7 Å². The zero-order chi connectivity index (χ0) is 20.4. The maximum absolute atomic E-state index is 12.4. The largest absolute Gasteiger partial charge is 0.491 e. The van der Waals surface area contributed by atoms with Crippen LogP contribution in [0.15, 0.2) is 48.5 Å². The fraction of sp³-hybridized carbons (Fsp3) is 0.333. The van der Waals surface area contributed by atoms with E-state index in [1.165, 1.54) is 0 Å². The molecule has 0 bridgehead atoms. The van der Waals surface area contributed by atoms with Crippen molar-refractivity contribution in [3.63, 3.8) is 0 Å². The standard InChI is InChI=1S/C21H24N2O5/c1-15(9-10-24)20(17-3-2-4-19(13-17)27-12-11-25)28-21(26)23-18-7-5-16(14-22)6-8-18/h2-8,13,15,20,24-25H,9-12H2,1H3,(H,23,26)/t15-,20+/m1/s1. The van der Waals surface area contributed by atoms with Gasteiger partial charge in [0.15, 0.2) is 0 Å². The smallest absolute Gasteiger partial charge is 0.412 e. The van der Waals surface area contributed by atoms with Crippen LogP contribution in [0.4, 0.5) is 10.5 Å². The Bertz CT molecular complexity index is 801. The van der Waals surface area contributed by atoms with Crippen molar-refractivity contribution in [2.75, 3.05) is 25.1 Å². The topological polar surface area (TPSA) is 112 Å². The lowest BCUT2D eigenvalue weighted by atomic mass is 9.94. The predicted octanol–water partition coefficient (Wildman–Crippen LogP) is 3.24. The monoisotopic (exact) mass is 384 g/mol. The van der Waals surface area contributed by atoms with Crippen molar-refractivity contribution in [3.8, 4) is 11.8 Å². The lowest BCUT2D eigenvalue weighted by Gasteiger charge is -2.24. The van der Waals surface area contributed by atoms with Crippen molar-refractivity contribution < 1.29 is 24.5 Å². The molecule has 2 atom stereocenters. The Kier molecular flexibility index (Phi) is 8.28. The third-order valence-electron chi connectivity index (χ3n) is 4.14. The summed E-state index contributed by atoms with van der Waals surface area (Å²) in [6.07, 6.45) is -0.777. The van der Waals surface area contributed by atoms with E-state index in [1.54, 1.807) is 42.5 Å². The minimum atomic E-state index is -0.638. The van der Waals surface area contributed by atoms with E-state index in [1.807, 2.05) is 19.1 Å². The molecular formula is C21H24N2O5. The van der Waals surface area contributed by atoms with Gasteiger partial charge >= 0.3 is 6.09 Å². The van der Waals surface area contributed by atoms with Gasteiger partial charge in [-0.1, -0.05) is 19.1 Å². The number of nitrogens with zero attached hydrogens (tertiary/aromatic N) is 1.